The summed E-state index contributed by atoms with van der Waals surface area (Å²) in [5, 5.41) is 3.98. The number of aryl methyl sites for hydroxylation is 1. The maximum Gasteiger partial charge on any atom is 0.323 e. The second kappa shape index (κ2) is 7.38. The van der Waals surface area contributed by atoms with E-state index in [9.17, 15) is 4.79 Å². The van der Waals surface area contributed by atoms with Gasteiger partial charge in [0.1, 0.15) is 6.04 Å². The molecule has 0 radical (unpaired) electrons. The van der Waals surface area contributed by atoms with E-state index in [-0.39, 0.29) is 12.0 Å². The number of nitrogens with zero attached hydrogens (tertiary/aromatic N) is 3. The zero-order chi connectivity index (χ0) is 14.4. The zero-order valence-electron chi connectivity index (χ0n) is 12.3. The van der Waals surface area contributed by atoms with Crippen LogP contribution in [0.3, 0.4) is 0 Å². The first-order valence-corrected chi connectivity index (χ1v) is 7.38. The topological polar surface area (TPSA) is 68.5 Å². The quantitative estimate of drug-likeness (QED) is 0.742. The molecule has 20 heavy (non-hydrogen) atoms. The molecule has 0 unspecified atom stereocenters. The first-order valence-electron chi connectivity index (χ1n) is 7.38. The van der Waals surface area contributed by atoms with Crippen molar-refractivity contribution >= 4 is 5.97 Å². The van der Waals surface area contributed by atoms with Crippen molar-refractivity contribution in [1.82, 2.24) is 15.0 Å². The van der Waals surface area contributed by atoms with Crippen molar-refractivity contribution in [2.24, 2.45) is 0 Å². The molecule has 1 fully saturated rings. The molecule has 0 spiro atoms. The van der Waals surface area contributed by atoms with Crippen molar-refractivity contribution in [3.63, 3.8) is 0 Å². The van der Waals surface area contributed by atoms with Crippen molar-refractivity contribution in [1.29, 1.82) is 0 Å². The summed E-state index contributed by atoms with van der Waals surface area (Å²) >= 11 is 0. The van der Waals surface area contributed by atoms with E-state index in [0.717, 1.165) is 50.9 Å². The molecule has 0 saturated carbocycles. The van der Waals surface area contributed by atoms with Crippen LogP contribution >= 0.6 is 0 Å². The van der Waals surface area contributed by atoms with Crippen LogP contribution in [0.25, 0.3) is 0 Å². The van der Waals surface area contributed by atoms with Crippen LogP contribution in [0.1, 0.15) is 50.7 Å². The molecule has 0 amide bonds. The maximum absolute atomic E-state index is 11.8. The number of piperidine rings is 1. The first-order chi connectivity index (χ1) is 9.74. The van der Waals surface area contributed by atoms with E-state index in [0.29, 0.717) is 12.4 Å². The number of esters is 1. The molecule has 6 heteroatoms. The molecule has 0 N–H and O–H groups in total. The van der Waals surface area contributed by atoms with Crippen molar-refractivity contribution in [3.8, 4) is 0 Å². The van der Waals surface area contributed by atoms with Crippen molar-refractivity contribution in [2.45, 2.75) is 58.0 Å². The van der Waals surface area contributed by atoms with E-state index < -0.39 is 0 Å². The summed E-state index contributed by atoms with van der Waals surface area (Å²) in [4.78, 5) is 18.2. The zero-order valence-corrected chi connectivity index (χ0v) is 12.3. The number of hydrogen-bond acceptors (Lipinski definition) is 6. The van der Waals surface area contributed by atoms with Crippen LogP contribution in [0.5, 0.6) is 0 Å². The Balaban J connectivity index is 1.96. The van der Waals surface area contributed by atoms with Gasteiger partial charge in [-0.25, -0.2) is 0 Å². The Morgan fingerprint density at radius 3 is 3.10 bits per heavy atom. The van der Waals surface area contributed by atoms with Gasteiger partial charge in [-0.2, -0.15) is 4.98 Å². The van der Waals surface area contributed by atoms with Crippen LogP contribution < -0.4 is 0 Å². The van der Waals surface area contributed by atoms with E-state index in [1.54, 1.807) is 0 Å². The highest BCUT2D eigenvalue weighted by Crippen LogP contribution is 2.20. The molecule has 1 atom stereocenters. The third-order valence-electron chi connectivity index (χ3n) is 3.69. The lowest BCUT2D eigenvalue weighted by molar-refractivity contribution is -0.148. The number of unbranched alkanes of at least 4 members (excludes halogenated alkanes) is 1. The smallest absolute Gasteiger partial charge is 0.323 e. The highest BCUT2D eigenvalue weighted by molar-refractivity contribution is 5.75. The van der Waals surface area contributed by atoms with Gasteiger partial charge >= 0.3 is 5.97 Å². The minimum atomic E-state index is -0.181. The van der Waals surface area contributed by atoms with Gasteiger partial charge in [0.25, 0.3) is 0 Å². The lowest BCUT2D eigenvalue weighted by atomic mass is 10.0. The number of carbonyl (C=O) groups is 1. The molecule has 112 valence electrons. The highest BCUT2D eigenvalue weighted by Gasteiger charge is 2.30. The molecule has 2 rings (SSSR count). The minimum Gasteiger partial charge on any atom is -0.468 e. The second-order valence-electron chi connectivity index (χ2n) is 5.21. The minimum absolute atomic E-state index is 0.171. The van der Waals surface area contributed by atoms with E-state index in [2.05, 4.69) is 22.0 Å². The van der Waals surface area contributed by atoms with Gasteiger partial charge in [-0.05, 0) is 25.8 Å². The lowest BCUT2D eigenvalue weighted by Crippen LogP contribution is -2.44. The van der Waals surface area contributed by atoms with E-state index in [1.165, 1.54) is 7.11 Å². The summed E-state index contributed by atoms with van der Waals surface area (Å²) < 4.78 is 10.1. The number of hydrogen-bond donors (Lipinski definition) is 0. The summed E-state index contributed by atoms with van der Waals surface area (Å²) in [6, 6.07) is -0.181. The lowest BCUT2D eigenvalue weighted by Gasteiger charge is -2.32. The fourth-order valence-electron chi connectivity index (χ4n) is 2.55. The molecule has 1 aromatic heterocycles. The van der Waals surface area contributed by atoms with Crippen molar-refractivity contribution < 1.29 is 14.1 Å². The molecule has 0 bridgehead atoms. The molecule has 1 aromatic rings. The molecule has 1 aliphatic heterocycles. The van der Waals surface area contributed by atoms with Crippen molar-refractivity contribution in [2.75, 3.05) is 13.7 Å². The largest absolute Gasteiger partial charge is 0.468 e. The van der Waals surface area contributed by atoms with Gasteiger partial charge in [0, 0.05) is 6.42 Å². The Morgan fingerprint density at radius 1 is 1.50 bits per heavy atom. The molecule has 2 heterocycles. The summed E-state index contributed by atoms with van der Waals surface area (Å²) in [6.45, 7) is 3.53. The Bertz CT molecular complexity index is 433. The fraction of sp³-hybridized carbons (Fsp3) is 0.786. The molecular formula is C14H23N3O3. The van der Waals surface area contributed by atoms with Gasteiger partial charge < -0.3 is 9.26 Å². The Hall–Kier alpha value is -1.43. The molecule has 0 aliphatic carbocycles. The fourth-order valence-corrected chi connectivity index (χ4v) is 2.55. The van der Waals surface area contributed by atoms with Crippen LogP contribution in [0.2, 0.25) is 0 Å². The Morgan fingerprint density at radius 2 is 2.35 bits per heavy atom. The predicted octanol–water partition coefficient (Wildman–Crippen LogP) is 1.94. The molecule has 1 aliphatic rings. The monoisotopic (exact) mass is 281 g/mol. The van der Waals surface area contributed by atoms with Gasteiger partial charge in [-0.15, -0.1) is 0 Å². The number of carbonyl (C=O) groups excluding carboxylic acids is 1. The predicted molar refractivity (Wildman–Crippen MR) is 73.0 cm³/mol. The van der Waals surface area contributed by atoms with Crippen LogP contribution in [-0.2, 0) is 22.5 Å². The molecule has 0 aromatic carbocycles. The van der Waals surface area contributed by atoms with Crippen LogP contribution in [0.4, 0.5) is 0 Å². The SMILES string of the molecule is CCCCc1noc(CN2CCCC[C@@H]2C(=O)OC)n1. The summed E-state index contributed by atoms with van der Waals surface area (Å²) in [5.74, 6) is 1.18. The third kappa shape index (κ3) is 3.79. The van der Waals surface area contributed by atoms with Crippen LogP contribution in [0.15, 0.2) is 4.52 Å². The van der Waals surface area contributed by atoms with Crippen LogP contribution in [-0.4, -0.2) is 40.7 Å². The summed E-state index contributed by atoms with van der Waals surface area (Å²) in [5.41, 5.74) is 0. The van der Waals surface area contributed by atoms with Gasteiger partial charge in [0.15, 0.2) is 5.82 Å². The Labute approximate surface area is 119 Å². The van der Waals surface area contributed by atoms with Gasteiger partial charge in [-0.1, -0.05) is 24.9 Å². The Kier molecular flexibility index (Phi) is 5.52. The normalized spacial score (nSPS) is 20.0. The van der Waals surface area contributed by atoms with Crippen molar-refractivity contribution in [3.05, 3.63) is 11.7 Å². The number of likely N-dealkylation sites (tertiary alicyclic amines) is 1. The molecular weight excluding hydrogens is 258 g/mol. The molecule has 1 saturated heterocycles. The first kappa shape index (κ1) is 15.0. The van der Waals surface area contributed by atoms with Gasteiger partial charge in [-0.3, -0.25) is 9.69 Å². The second-order valence-corrected chi connectivity index (χ2v) is 5.21. The number of ether oxygens (including phenoxy) is 1. The maximum atomic E-state index is 11.8. The standard InChI is InChI=1S/C14H23N3O3/c1-3-4-8-12-15-13(20-16-12)10-17-9-6-5-7-11(17)14(18)19-2/h11H,3-10H2,1-2H3/t11-/m1/s1. The van der Waals surface area contributed by atoms with Gasteiger partial charge in [0.2, 0.25) is 5.89 Å². The number of rotatable bonds is 6. The van der Waals surface area contributed by atoms with E-state index in [1.807, 2.05) is 0 Å². The summed E-state index contributed by atoms with van der Waals surface area (Å²) in [7, 11) is 1.44. The van der Waals surface area contributed by atoms with Crippen LogP contribution in [0, 0.1) is 0 Å². The van der Waals surface area contributed by atoms with E-state index >= 15 is 0 Å². The average molecular weight is 281 g/mol. The van der Waals surface area contributed by atoms with E-state index in [4.69, 9.17) is 9.26 Å². The third-order valence-corrected chi connectivity index (χ3v) is 3.69. The molecule has 6 nitrogen and oxygen atoms in total. The number of methoxy groups -OCH3 is 1. The van der Waals surface area contributed by atoms with Gasteiger partial charge in [0.05, 0.1) is 13.7 Å². The highest BCUT2D eigenvalue weighted by atomic mass is 16.5. The average Bonchev–Trinajstić information content (AvgIpc) is 2.92. The number of aromatic nitrogens is 2. The summed E-state index contributed by atoms with van der Waals surface area (Å²) in [6.07, 6.45) is 6.00.